The van der Waals surface area contributed by atoms with Gasteiger partial charge in [-0.05, 0) is 29.2 Å². The first-order valence-corrected chi connectivity index (χ1v) is 8.97. The van der Waals surface area contributed by atoms with Gasteiger partial charge in [-0.2, -0.15) is 0 Å². The van der Waals surface area contributed by atoms with Crippen LogP contribution in [0.4, 0.5) is 0 Å². The number of hydrogen-bond acceptors (Lipinski definition) is 5. The quantitative estimate of drug-likeness (QED) is 0.473. The fourth-order valence-corrected chi connectivity index (χ4v) is 3.12. The van der Waals surface area contributed by atoms with E-state index in [-0.39, 0.29) is 18.1 Å². The summed E-state index contributed by atoms with van der Waals surface area (Å²) in [5.74, 6) is -0.313. The second-order valence-corrected chi connectivity index (χ2v) is 6.48. The van der Waals surface area contributed by atoms with Crippen LogP contribution in [0, 0.1) is 0 Å². The van der Waals surface area contributed by atoms with E-state index < -0.39 is 0 Å². The Morgan fingerprint density at radius 2 is 1.81 bits per heavy atom. The Morgan fingerprint density at radius 1 is 1.04 bits per heavy atom. The molecule has 0 N–H and O–H groups in total. The SMILES string of the molecule is CCc1ccc2c(CN(CC(=O)OC)Cc3ccccc3)cc(=O)oc2c1. The van der Waals surface area contributed by atoms with Gasteiger partial charge in [0.25, 0.3) is 0 Å². The number of esters is 1. The van der Waals surface area contributed by atoms with E-state index in [0.29, 0.717) is 18.7 Å². The number of benzene rings is 2. The lowest BCUT2D eigenvalue weighted by atomic mass is 10.1. The molecule has 0 saturated heterocycles. The molecule has 2 aromatic carbocycles. The van der Waals surface area contributed by atoms with Gasteiger partial charge in [-0.1, -0.05) is 49.4 Å². The molecule has 0 radical (unpaired) electrons. The van der Waals surface area contributed by atoms with Gasteiger partial charge in [0.05, 0.1) is 13.7 Å². The molecule has 1 heterocycles. The smallest absolute Gasteiger partial charge is 0.336 e. The van der Waals surface area contributed by atoms with Crippen LogP contribution in [-0.2, 0) is 29.0 Å². The summed E-state index contributed by atoms with van der Waals surface area (Å²) in [5.41, 5.74) is 3.22. The summed E-state index contributed by atoms with van der Waals surface area (Å²) in [5, 5.41) is 0.884. The Kier molecular flexibility index (Phi) is 6.04. The first-order chi connectivity index (χ1) is 13.1. The van der Waals surface area contributed by atoms with E-state index in [9.17, 15) is 9.59 Å². The van der Waals surface area contributed by atoms with Crippen LogP contribution < -0.4 is 5.63 Å². The number of aryl methyl sites for hydroxylation is 1. The van der Waals surface area contributed by atoms with Crippen LogP contribution in [0.1, 0.15) is 23.6 Å². The van der Waals surface area contributed by atoms with Crippen molar-refractivity contribution in [1.29, 1.82) is 0 Å². The molecule has 0 bridgehead atoms. The lowest BCUT2D eigenvalue weighted by molar-refractivity contribution is -0.142. The molecule has 3 rings (SSSR count). The summed E-state index contributed by atoms with van der Waals surface area (Å²) in [4.78, 5) is 25.9. The number of methoxy groups -OCH3 is 1. The van der Waals surface area contributed by atoms with E-state index in [2.05, 4.69) is 6.92 Å². The third kappa shape index (κ3) is 4.83. The molecule has 0 atom stereocenters. The molecule has 3 aromatic rings. The molecular weight excluding hydrogens is 342 g/mol. The molecule has 5 heteroatoms. The maximum atomic E-state index is 12.0. The second kappa shape index (κ2) is 8.64. The minimum atomic E-state index is -0.386. The molecule has 27 heavy (non-hydrogen) atoms. The van der Waals surface area contributed by atoms with Gasteiger partial charge >= 0.3 is 11.6 Å². The largest absolute Gasteiger partial charge is 0.468 e. The number of nitrogens with zero attached hydrogens (tertiary/aromatic N) is 1. The van der Waals surface area contributed by atoms with Gasteiger partial charge in [-0.3, -0.25) is 9.69 Å². The Balaban J connectivity index is 1.94. The van der Waals surface area contributed by atoms with Gasteiger partial charge in [0.15, 0.2) is 0 Å². The fourth-order valence-electron chi connectivity index (χ4n) is 3.12. The number of fused-ring (bicyclic) bond motifs is 1. The normalized spacial score (nSPS) is 11.1. The Bertz CT molecular complexity index is 979. The molecule has 0 aliphatic carbocycles. The topological polar surface area (TPSA) is 59.8 Å². The van der Waals surface area contributed by atoms with Crippen LogP contribution in [0.2, 0.25) is 0 Å². The van der Waals surface area contributed by atoms with Gasteiger partial charge in [0.2, 0.25) is 0 Å². The molecule has 0 aliphatic rings. The van der Waals surface area contributed by atoms with Crippen molar-refractivity contribution in [2.75, 3.05) is 13.7 Å². The predicted octanol–water partition coefficient (Wildman–Crippen LogP) is 3.53. The summed E-state index contributed by atoms with van der Waals surface area (Å²) < 4.78 is 10.2. The van der Waals surface area contributed by atoms with Crippen molar-refractivity contribution in [3.8, 4) is 0 Å². The molecule has 1 aromatic heterocycles. The van der Waals surface area contributed by atoms with Crippen LogP contribution in [0.25, 0.3) is 11.0 Å². The first kappa shape index (κ1) is 18.9. The third-order valence-electron chi connectivity index (χ3n) is 4.53. The highest BCUT2D eigenvalue weighted by Crippen LogP contribution is 2.21. The number of ether oxygens (including phenoxy) is 1. The summed E-state index contributed by atoms with van der Waals surface area (Å²) in [6.45, 7) is 3.21. The van der Waals surface area contributed by atoms with Crippen LogP contribution in [0.5, 0.6) is 0 Å². The monoisotopic (exact) mass is 365 g/mol. The molecule has 0 unspecified atom stereocenters. The standard InChI is InChI=1S/C22H23NO4/c1-3-16-9-10-19-18(12-21(24)27-20(19)11-16)14-23(15-22(25)26-2)13-17-7-5-4-6-8-17/h4-12H,3,13-15H2,1-2H3. The van der Waals surface area contributed by atoms with E-state index in [4.69, 9.17) is 9.15 Å². The van der Waals surface area contributed by atoms with Crippen molar-refractivity contribution >= 4 is 16.9 Å². The van der Waals surface area contributed by atoms with Crippen LogP contribution >= 0.6 is 0 Å². The van der Waals surface area contributed by atoms with Crippen molar-refractivity contribution in [3.63, 3.8) is 0 Å². The predicted molar refractivity (Wildman–Crippen MR) is 104 cm³/mol. The Morgan fingerprint density at radius 3 is 2.52 bits per heavy atom. The molecule has 0 aliphatic heterocycles. The zero-order valence-corrected chi connectivity index (χ0v) is 15.6. The molecule has 140 valence electrons. The van der Waals surface area contributed by atoms with Crippen LogP contribution in [-0.4, -0.2) is 24.5 Å². The molecular formula is C22H23NO4. The van der Waals surface area contributed by atoms with Gasteiger partial charge in [0, 0.05) is 24.5 Å². The van der Waals surface area contributed by atoms with E-state index >= 15 is 0 Å². The zero-order chi connectivity index (χ0) is 19.2. The van der Waals surface area contributed by atoms with Crippen LogP contribution in [0.15, 0.2) is 63.8 Å². The number of hydrogen-bond donors (Lipinski definition) is 0. The highest BCUT2D eigenvalue weighted by Gasteiger charge is 2.15. The Labute approximate surface area is 158 Å². The van der Waals surface area contributed by atoms with Gasteiger partial charge in [0.1, 0.15) is 5.58 Å². The van der Waals surface area contributed by atoms with Crippen molar-refractivity contribution in [3.05, 3.63) is 81.7 Å². The van der Waals surface area contributed by atoms with E-state index in [1.54, 1.807) is 0 Å². The van der Waals surface area contributed by atoms with Crippen molar-refractivity contribution in [2.24, 2.45) is 0 Å². The minimum Gasteiger partial charge on any atom is -0.468 e. The van der Waals surface area contributed by atoms with E-state index in [0.717, 1.165) is 28.5 Å². The molecule has 0 amide bonds. The summed E-state index contributed by atoms with van der Waals surface area (Å²) in [6, 6.07) is 17.3. The molecule has 0 saturated carbocycles. The zero-order valence-electron chi connectivity index (χ0n) is 15.6. The lowest BCUT2D eigenvalue weighted by Gasteiger charge is -2.22. The van der Waals surface area contributed by atoms with Gasteiger partial charge < -0.3 is 9.15 Å². The van der Waals surface area contributed by atoms with Crippen molar-refractivity contribution in [2.45, 2.75) is 26.4 Å². The third-order valence-corrected chi connectivity index (χ3v) is 4.53. The number of carbonyl (C=O) groups excluding carboxylic acids is 1. The van der Waals surface area contributed by atoms with Crippen molar-refractivity contribution in [1.82, 2.24) is 4.90 Å². The molecule has 0 fully saturated rings. The maximum absolute atomic E-state index is 12.0. The average molecular weight is 365 g/mol. The maximum Gasteiger partial charge on any atom is 0.336 e. The average Bonchev–Trinajstić information content (AvgIpc) is 2.67. The second-order valence-electron chi connectivity index (χ2n) is 6.48. The highest BCUT2D eigenvalue weighted by molar-refractivity contribution is 5.81. The summed E-state index contributed by atoms with van der Waals surface area (Å²) in [6.07, 6.45) is 0.867. The Hall–Kier alpha value is -2.92. The van der Waals surface area contributed by atoms with E-state index in [1.807, 2.05) is 53.4 Å². The summed E-state index contributed by atoms with van der Waals surface area (Å²) >= 11 is 0. The molecule has 5 nitrogen and oxygen atoms in total. The van der Waals surface area contributed by atoms with Gasteiger partial charge in [-0.15, -0.1) is 0 Å². The summed E-state index contributed by atoms with van der Waals surface area (Å²) in [7, 11) is 1.38. The van der Waals surface area contributed by atoms with Gasteiger partial charge in [-0.25, -0.2) is 4.79 Å². The number of carbonyl (C=O) groups is 1. The number of rotatable bonds is 7. The fraction of sp³-hybridized carbons (Fsp3) is 0.273. The lowest BCUT2D eigenvalue weighted by Crippen LogP contribution is -2.30. The highest BCUT2D eigenvalue weighted by atomic mass is 16.5. The minimum absolute atomic E-state index is 0.139. The van der Waals surface area contributed by atoms with Crippen LogP contribution in [0.3, 0.4) is 0 Å². The molecule has 0 spiro atoms. The van der Waals surface area contributed by atoms with Crippen molar-refractivity contribution < 1.29 is 13.9 Å². The first-order valence-electron chi connectivity index (χ1n) is 8.97. The van der Waals surface area contributed by atoms with E-state index in [1.165, 1.54) is 13.2 Å².